The second-order valence-electron chi connectivity index (χ2n) is 18.3. The number of aliphatic hydroxyl groups is 1. The molecule has 334 valence electrons. The Hall–Kier alpha value is -3.87. The molecule has 0 aromatic rings. The van der Waals surface area contributed by atoms with Crippen LogP contribution in [0, 0.1) is 46.3 Å². The Labute approximate surface area is 345 Å². The predicted molar refractivity (Wildman–Crippen MR) is 210 cm³/mol. The van der Waals surface area contributed by atoms with E-state index in [9.17, 15) is 69.3 Å². The van der Waals surface area contributed by atoms with E-state index < -0.39 is 74.1 Å². The molecule has 1 amide bonds. The number of carboxylic acid groups (broad SMARTS) is 6. The van der Waals surface area contributed by atoms with Gasteiger partial charge in [-0.05, 0) is 111 Å². The van der Waals surface area contributed by atoms with Gasteiger partial charge in [0.2, 0.25) is 5.91 Å². The summed E-state index contributed by atoms with van der Waals surface area (Å²) in [4.78, 5) is 86.6. The molecule has 4 aliphatic carbocycles. The van der Waals surface area contributed by atoms with E-state index in [1.807, 2.05) is 0 Å². The Morgan fingerprint density at radius 2 is 1.22 bits per heavy atom. The number of carbonyl (C=O) groups excluding carboxylic acids is 1. The van der Waals surface area contributed by atoms with Gasteiger partial charge >= 0.3 is 35.8 Å². The predicted octanol–water partition coefficient (Wildman–Crippen LogP) is 2.08. The summed E-state index contributed by atoms with van der Waals surface area (Å²) in [6, 6.07) is -1.43. The lowest BCUT2D eigenvalue weighted by atomic mass is 9.43. The van der Waals surface area contributed by atoms with Gasteiger partial charge in [0.1, 0.15) is 6.04 Å². The van der Waals surface area contributed by atoms with E-state index in [-0.39, 0.29) is 80.1 Å². The molecule has 0 aliphatic heterocycles. The van der Waals surface area contributed by atoms with Crippen molar-refractivity contribution in [2.45, 2.75) is 116 Å². The first-order chi connectivity index (χ1) is 27.6. The summed E-state index contributed by atoms with van der Waals surface area (Å²) in [7, 11) is 0. The van der Waals surface area contributed by atoms with Crippen LogP contribution in [0.1, 0.15) is 97.8 Å². The number of carboxylic acids is 6. The van der Waals surface area contributed by atoms with E-state index in [1.54, 1.807) is 0 Å². The number of nitrogens with zero attached hydrogens (tertiary/aromatic N) is 3. The molecular formula is C41H66N4O14. The third-order valence-electron chi connectivity index (χ3n) is 14.9. The minimum absolute atomic E-state index is 0.0152. The van der Waals surface area contributed by atoms with Gasteiger partial charge in [-0.25, -0.2) is 0 Å². The summed E-state index contributed by atoms with van der Waals surface area (Å²) in [5.74, 6) is -5.61. The van der Waals surface area contributed by atoms with E-state index in [1.165, 1.54) is 4.90 Å². The quantitative estimate of drug-likeness (QED) is 0.0691. The molecule has 4 aliphatic rings. The van der Waals surface area contributed by atoms with Crippen LogP contribution in [-0.4, -0.2) is 163 Å². The zero-order valence-electron chi connectivity index (χ0n) is 34.7. The first-order valence-electron chi connectivity index (χ1n) is 21.1. The number of nitrogens with one attached hydrogen (secondary N) is 1. The van der Waals surface area contributed by atoms with Crippen LogP contribution >= 0.6 is 0 Å². The summed E-state index contributed by atoms with van der Waals surface area (Å²) >= 11 is 0. The van der Waals surface area contributed by atoms with E-state index in [0.717, 1.165) is 54.7 Å². The lowest BCUT2D eigenvalue weighted by Crippen LogP contribution is -2.59. The van der Waals surface area contributed by atoms with Gasteiger partial charge in [-0.3, -0.25) is 48.3 Å². The summed E-state index contributed by atoms with van der Waals surface area (Å²) in [5, 5.41) is 71.8. The Morgan fingerprint density at radius 3 is 1.73 bits per heavy atom. The van der Waals surface area contributed by atoms with Crippen LogP contribution in [-0.2, 0) is 33.6 Å². The molecule has 0 unspecified atom stereocenters. The van der Waals surface area contributed by atoms with E-state index in [2.05, 4.69) is 26.1 Å². The largest absolute Gasteiger partial charge is 0.481 e. The number of rotatable bonds is 24. The molecule has 0 spiro atoms. The number of hydrogen-bond donors (Lipinski definition) is 8. The molecule has 0 radical (unpaired) electrons. The third kappa shape index (κ3) is 12.1. The number of carbonyl (C=O) groups is 7. The molecular weight excluding hydrogens is 772 g/mol. The van der Waals surface area contributed by atoms with Crippen molar-refractivity contribution in [2.75, 3.05) is 52.4 Å². The second kappa shape index (κ2) is 20.6. The number of hydrogen-bond acceptors (Lipinski definition) is 11. The van der Waals surface area contributed by atoms with Crippen LogP contribution in [0.15, 0.2) is 0 Å². The molecule has 0 bridgehead atoms. The average Bonchev–Trinajstić information content (AvgIpc) is 3.49. The molecule has 11 atom stereocenters. The summed E-state index contributed by atoms with van der Waals surface area (Å²) < 4.78 is 0. The monoisotopic (exact) mass is 838 g/mol. The van der Waals surface area contributed by atoms with Gasteiger partial charge in [0, 0.05) is 45.1 Å². The maximum atomic E-state index is 13.5. The van der Waals surface area contributed by atoms with Crippen LogP contribution < -0.4 is 5.32 Å². The third-order valence-corrected chi connectivity index (χ3v) is 14.9. The van der Waals surface area contributed by atoms with Crippen molar-refractivity contribution in [3.05, 3.63) is 0 Å². The maximum Gasteiger partial charge on any atom is 0.320 e. The van der Waals surface area contributed by atoms with Gasteiger partial charge in [0.25, 0.3) is 0 Å². The van der Waals surface area contributed by atoms with Crippen molar-refractivity contribution >= 4 is 41.7 Å². The SMILES string of the molecule is C[C@H](CCC(=O)O)[C@H]1CC[C@H]2[C@@H]3CC[C@@H]4C[C@@H](NC(=O)CC[C@@H](C(=O)O)N(CCN(CC(=O)O)CC(=O)O)CCN(CC(=O)O)CC(=O)O)CC[C@]4(C)[C@H]3C[C@H](O)[C@]12C. The molecule has 0 saturated heterocycles. The lowest BCUT2D eigenvalue weighted by molar-refractivity contribution is -0.170. The van der Waals surface area contributed by atoms with Crippen molar-refractivity contribution in [3.63, 3.8) is 0 Å². The highest BCUT2D eigenvalue weighted by atomic mass is 16.4. The summed E-state index contributed by atoms with van der Waals surface area (Å²) in [6.07, 6.45) is 7.09. The number of aliphatic hydroxyl groups excluding tert-OH is 1. The molecule has 59 heavy (non-hydrogen) atoms. The highest BCUT2D eigenvalue weighted by Gasteiger charge is 2.63. The van der Waals surface area contributed by atoms with Gasteiger partial charge in [0.05, 0.1) is 32.3 Å². The molecule has 0 aromatic carbocycles. The smallest absolute Gasteiger partial charge is 0.320 e. The van der Waals surface area contributed by atoms with Gasteiger partial charge in [-0.1, -0.05) is 20.8 Å². The van der Waals surface area contributed by atoms with Crippen LogP contribution in [0.25, 0.3) is 0 Å². The molecule has 4 saturated carbocycles. The van der Waals surface area contributed by atoms with E-state index in [4.69, 9.17) is 0 Å². The summed E-state index contributed by atoms with van der Waals surface area (Å²) in [5.41, 5.74) is -0.262. The van der Waals surface area contributed by atoms with Crippen molar-refractivity contribution in [2.24, 2.45) is 46.3 Å². The standard InChI is InChI=1S/C41H66N4O14/c1-24(4-11-34(48)49)28-7-8-29-27-6-5-25-18-26(12-13-40(25,2)30(27)19-32(46)41(28,29)3)42-33(47)10-9-31(39(58)59)45(16-14-43(20-35(50)51)21-36(52)53)17-15-44(22-37(54)55)23-38(56)57/h24-32,46H,4-23H2,1-3H3,(H,42,47)(H,48,49)(H,50,51)(H,52,53)(H,54,55)(H,56,57)(H,58,59)/t24-,25-,26+,27+,28-,29+,30+,31+,32+,40+,41-/m1/s1. The minimum Gasteiger partial charge on any atom is -0.481 e. The fourth-order valence-electron chi connectivity index (χ4n) is 12.1. The Balaban J connectivity index is 1.39. The molecule has 18 nitrogen and oxygen atoms in total. The zero-order chi connectivity index (χ0) is 43.8. The van der Waals surface area contributed by atoms with Gasteiger partial charge in [-0.2, -0.15) is 0 Å². The van der Waals surface area contributed by atoms with Crippen LogP contribution in [0.2, 0.25) is 0 Å². The van der Waals surface area contributed by atoms with Crippen molar-refractivity contribution in [1.29, 1.82) is 0 Å². The highest BCUT2D eigenvalue weighted by molar-refractivity contribution is 5.79. The first-order valence-corrected chi connectivity index (χ1v) is 21.1. The molecule has 4 fully saturated rings. The number of fused-ring (bicyclic) bond motifs is 5. The van der Waals surface area contributed by atoms with Gasteiger partial charge in [0.15, 0.2) is 0 Å². The maximum absolute atomic E-state index is 13.5. The van der Waals surface area contributed by atoms with Crippen LogP contribution in [0.4, 0.5) is 0 Å². The van der Waals surface area contributed by atoms with E-state index >= 15 is 0 Å². The number of amides is 1. The number of aliphatic carboxylic acids is 6. The highest BCUT2D eigenvalue weighted by Crippen LogP contribution is 2.68. The molecule has 0 aromatic heterocycles. The second-order valence-corrected chi connectivity index (χ2v) is 18.3. The molecule has 4 rings (SSSR count). The first kappa shape index (κ1) is 47.8. The molecule has 18 heteroatoms. The Kier molecular flexibility index (Phi) is 16.7. The zero-order valence-corrected chi connectivity index (χ0v) is 34.7. The van der Waals surface area contributed by atoms with Crippen LogP contribution in [0.3, 0.4) is 0 Å². The van der Waals surface area contributed by atoms with Crippen molar-refractivity contribution in [3.8, 4) is 0 Å². The normalized spacial score (nSPS) is 31.1. The van der Waals surface area contributed by atoms with Gasteiger partial charge in [-0.15, -0.1) is 0 Å². The van der Waals surface area contributed by atoms with Crippen LogP contribution in [0.5, 0.6) is 0 Å². The van der Waals surface area contributed by atoms with Crippen molar-refractivity contribution < 1.29 is 69.3 Å². The minimum atomic E-state index is -1.31. The molecule has 0 heterocycles. The topological polar surface area (TPSA) is 283 Å². The summed E-state index contributed by atoms with van der Waals surface area (Å²) in [6.45, 7) is 3.51. The van der Waals surface area contributed by atoms with Gasteiger partial charge < -0.3 is 41.1 Å². The lowest BCUT2D eigenvalue weighted by Gasteiger charge is -2.62. The average molecular weight is 839 g/mol. The fraction of sp³-hybridized carbons (Fsp3) is 0.829. The van der Waals surface area contributed by atoms with E-state index in [0.29, 0.717) is 36.5 Å². The Morgan fingerprint density at radius 1 is 0.661 bits per heavy atom. The van der Waals surface area contributed by atoms with Crippen molar-refractivity contribution in [1.82, 2.24) is 20.0 Å². The fourth-order valence-corrected chi connectivity index (χ4v) is 12.1. The Bertz CT molecular complexity index is 1470. The molecule has 8 N–H and O–H groups in total.